The van der Waals surface area contributed by atoms with E-state index < -0.39 is 0 Å². The molecule has 2 saturated heterocycles. The molecular weight excluding hydrogens is 168 g/mol. The van der Waals surface area contributed by atoms with Crippen molar-refractivity contribution in [3.63, 3.8) is 0 Å². The number of β-amino-alcohol motifs (C(OH)–C–C–N with tert-alkyl or cyclic N) is 1. The number of hydrogen-bond acceptors (Lipinski definition) is 3. The van der Waals surface area contributed by atoms with Gasteiger partial charge in [0.25, 0.3) is 0 Å². The lowest BCUT2D eigenvalue weighted by atomic mass is 10.2. The van der Waals surface area contributed by atoms with E-state index in [9.17, 15) is 9.90 Å². The van der Waals surface area contributed by atoms with E-state index in [1.54, 1.807) is 4.90 Å². The maximum absolute atomic E-state index is 11.7. The van der Waals surface area contributed by atoms with Gasteiger partial charge >= 0.3 is 0 Å². The average Bonchev–Trinajstić information content (AvgIpc) is 2.72. The standard InChI is InChI=1S/C9H16N2O2/c12-7-3-5-11(6-7)9(13)8-2-1-4-10-8/h7-8,10,12H,1-6H2/t7-,8?/m0/s1. The smallest absolute Gasteiger partial charge is 0.239 e. The van der Waals surface area contributed by atoms with Crippen molar-refractivity contribution < 1.29 is 9.90 Å². The fourth-order valence-electron chi connectivity index (χ4n) is 2.06. The molecule has 2 atom stereocenters. The van der Waals surface area contributed by atoms with Crippen molar-refractivity contribution in [3.05, 3.63) is 0 Å². The van der Waals surface area contributed by atoms with Crippen LogP contribution < -0.4 is 5.32 Å². The number of nitrogens with one attached hydrogen (secondary N) is 1. The highest BCUT2D eigenvalue weighted by atomic mass is 16.3. The number of hydrogen-bond donors (Lipinski definition) is 2. The Kier molecular flexibility index (Phi) is 2.51. The maximum Gasteiger partial charge on any atom is 0.239 e. The molecule has 0 spiro atoms. The number of nitrogens with zero attached hydrogens (tertiary/aromatic N) is 1. The molecule has 2 fully saturated rings. The van der Waals surface area contributed by atoms with E-state index in [0.29, 0.717) is 6.54 Å². The van der Waals surface area contributed by atoms with Gasteiger partial charge in [-0.3, -0.25) is 4.79 Å². The van der Waals surface area contributed by atoms with Crippen molar-refractivity contribution in [2.45, 2.75) is 31.4 Å². The van der Waals surface area contributed by atoms with Crippen LogP contribution in [-0.2, 0) is 4.79 Å². The molecule has 0 radical (unpaired) electrons. The Hall–Kier alpha value is -0.610. The van der Waals surface area contributed by atoms with Gasteiger partial charge < -0.3 is 15.3 Å². The van der Waals surface area contributed by atoms with E-state index in [2.05, 4.69) is 5.32 Å². The van der Waals surface area contributed by atoms with Crippen LogP contribution in [-0.4, -0.2) is 47.7 Å². The highest BCUT2D eigenvalue weighted by Gasteiger charge is 2.31. The fourth-order valence-corrected chi connectivity index (χ4v) is 2.06. The zero-order chi connectivity index (χ0) is 9.26. The lowest BCUT2D eigenvalue weighted by Gasteiger charge is -2.19. The zero-order valence-electron chi connectivity index (χ0n) is 7.70. The molecule has 0 aromatic rings. The molecule has 0 aliphatic carbocycles. The highest BCUT2D eigenvalue weighted by Crippen LogP contribution is 2.14. The maximum atomic E-state index is 11.7. The summed E-state index contributed by atoms with van der Waals surface area (Å²) in [6.07, 6.45) is 2.47. The number of likely N-dealkylation sites (tertiary alicyclic amines) is 1. The SMILES string of the molecule is O=C(C1CCCN1)N1CC[C@H](O)C1. The molecule has 13 heavy (non-hydrogen) atoms. The Morgan fingerprint density at radius 3 is 2.85 bits per heavy atom. The summed E-state index contributed by atoms with van der Waals surface area (Å²) >= 11 is 0. The number of rotatable bonds is 1. The summed E-state index contributed by atoms with van der Waals surface area (Å²) in [7, 11) is 0. The van der Waals surface area contributed by atoms with Gasteiger partial charge in [-0.1, -0.05) is 0 Å². The third-order valence-corrected chi connectivity index (χ3v) is 2.83. The molecule has 4 heteroatoms. The topological polar surface area (TPSA) is 52.6 Å². The summed E-state index contributed by atoms with van der Waals surface area (Å²) in [6, 6.07) is 0.0188. The van der Waals surface area contributed by atoms with Crippen molar-refractivity contribution in [2.75, 3.05) is 19.6 Å². The van der Waals surface area contributed by atoms with Crippen molar-refractivity contribution in [1.82, 2.24) is 10.2 Å². The molecule has 2 aliphatic rings. The Labute approximate surface area is 77.9 Å². The fraction of sp³-hybridized carbons (Fsp3) is 0.889. The van der Waals surface area contributed by atoms with Crippen LogP contribution in [0, 0.1) is 0 Å². The Morgan fingerprint density at radius 1 is 1.46 bits per heavy atom. The third kappa shape index (κ3) is 1.84. The quantitative estimate of drug-likeness (QED) is 0.568. The first-order chi connectivity index (χ1) is 6.27. The average molecular weight is 184 g/mol. The third-order valence-electron chi connectivity index (χ3n) is 2.83. The van der Waals surface area contributed by atoms with Crippen LogP contribution in [0.4, 0.5) is 0 Å². The highest BCUT2D eigenvalue weighted by molar-refractivity contribution is 5.82. The summed E-state index contributed by atoms with van der Waals surface area (Å²) in [5, 5.41) is 12.5. The zero-order valence-corrected chi connectivity index (χ0v) is 7.70. The predicted octanol–water partition coefficient (Wildman–Crippen LogP) is -0.668. The summed E-state index contributed by atoms with van der Waals surface area (Å²) in [6.45, 7) is 2.20. The molecule has 74 valence electrons. The molecule has 0 aromatic heterocycles. The molecule has 1 unspecified atom stereocenters. The lowest BCUT2D eigenvalue weighted by Crippen LogP contribution is -2.42. The summed E-state index contributed by atoms with van der Waals surface area (Å²) in [4.78, 5) is 13.5. The minimum absolute atomic E-state index is 0.0188. The van der Waals surface area contributed by atoms with E-state index >= 15 is 0 Å². The van der Waals surface area contributed by atoms with Gasteiger partial charge in [0.05, 0.1) is 12.1 Å². The van der Waals surface area contributed by atoms with E-state index in [0.717, 1.165) is 32.4 Å². The molecule has 2 N–H and O–H groups in total. The summed E-state index contributed by atoms with van der Waals surface area (Å²) in [5.41, 5.74) is 0. The second kappa shape index (κ2) is 3.64. The van der Waals surface area contributed by atoms with Crippen LogP contribution in [0.3, 0.4) is 0 Å². The molecule has 2 rings (SSSR count). The van der Waals surface area contributed by atoms with Crippen molar-refractivity contribution >= 4 is 5.91 Å². The summed E-state index contributed by atoms with van der Waals surface area (Å²) in [5.74, 6) is 0.175. The number of aliphatic hydroxyl groups is 1. The molecule has 0 saturated carbocycles. The first-order valence-corrected chi connectivity index (χ1v) is 4.97. The number of amides is 1. The van der Waals surface area contributed by atoms with Crippen LogP contribution >= 0.6 is 0 Å². The van der Waals surface area contributed by atoms with Crippen molar-refractivity contribution in [1.29, 1.82) is 0 Å². The van der Waals surface area contributed by atoms with E-state index in [4.69, 9.17) is 0 Å². The van der Waals surface area contributed by atoms with Gasteiger partial charge in [-0.2, -0.15) is 0 Å². The first-order valence-electron chi connectivity index (χ1n) is 4.97. The molecule has 0 aromatic carbocycles. The van der Waals surface area contributed by atoms with Crippen LogP contribution in [0.15, 0.2) is 0 Å². The minimum Gasteiger partial charge on any atom is -0.391 e. The van der Waals surface area contributed by atoms with Crippen molar-refractivity contribution in [2.24, 2.45) is 0 Å². The van der Waals surface area contributed by atoms with Crippen molar-refractivity contribution in [3.8, 4) is 0 Å². The van der Waals surface area contributed by atoms with Crippen LogP contribution in [0.1, 0.15) is 19.3 Å². The first kappa shape index (κ1) is 8.97. The van der Waals surface area contributed by atoms with Gasteiger partial charge in [0, 0.05) is 13.1 Å². The van der Waals surface area contributed by atoms with Gasteiger partial charge in [-0.15, -0.1) is 0 Å². The van der Waals surface area contributed by atoms with E-state index in [-0.39, 0.29) is 18.1 Å². The lowest BCUT2D eigenvalue weighted by molar-refractivity contribution is -0.132. The molecule has 1 amide bonds. The number of carbonyl (C=O) groups is 1. The predicted molar refractivity (Wildman–Crippen MR) is 48.2 cm³/mol. The van der Waals surface area contributed by atoms with E-state index in [1.165, 1.54) is 0 Å². The van der Waals surface area contributed by atoms with Gasteiger partial charge in [-0.05, 0) is 25.8 Å². The van der Waals surface area contributed by atoms with Crippen LogP contribution in [0.5, 0.6) is 0 Å². The number of carbonyl (C=O) groups excluding carboxylic acids is 1. The van der Waals surface area contributed by atoms with Gasteiger partial charge in [0.1, 0.15) is 0 Å². The second-order valence-electron chi connectivity index (χ2n) is 3.88. The largest absolute Gasteiger partial charge is 0.391 e. The van der Waals surface area contributed by atoms with Crippen LogP contribution in [0.25, 0.3) is 0 Å². The van der Waals surface area contributed by atoms with Gasteiger partial charge in [0.15, 0.2) is 0 Å². The molecular formula is C9H16N2O2. The number of aliphatic hydroxyl groups excluding tert-OH is 1. The monoisotopic (exact) mass is 184 g/mol. The molecule has 0 bridgehead atoms. The second-order valence-corrected chi connectivity index (χ2v) is 3.88. The van der Waals surface area contributed by atoms with Crippen LogP contribution in [0.2, 0.25) is 0 Å². The van der Waals surface area contributed by atoms with Gasteiger partial charge in [0.2, 0.25) is 5.91 Å². The summed E-state index contributed by atoms with van der Waals surface area (Å²) < 4.78 is 0. The van der Waals surface area contributed by atoms with Gasteiger partial charge in [-0.25, -0.2) is 0 Å². The Morgan fingerprint density at radius 2 is 2.31 bits per heavy atom. The normalized spacial score (nSPS) is 34.1. The van der Waals surface area contributed by atoms with E-state index in [1.807, 2.05) is 0 Å². The molecule has 2 aliphatic heterocycles. The molecule has 2 heterocycles. The Balaban J connectivity index is 1.89. The minimum atomic E-state index is -0.301. The molecule has 4 nitrogen and oxygen atoms in total. The Bertz CT molecular complexity index is 202.